The molecular weight excluding hydrogens is 359 g/mol. The van der Waals surface area contributed by atoms with E-state index in [9.17, 15) is 14.3 Å². The third-order valence-corrected chi connectivity index (χ3v) is 5.29. The summed E-state index contributed by atoms with van der Waals surface area (Å²) < 4.78 is 18.6. The largest absolute Gasteiger partial charge is 0.497 e. The van der Waals surface area contributed by atoms with Gasteiger partial charge in [-0.25, -0.2) is 4.39 Å². The van der Waals surface area contributed by atoms with Crippen LogP contribution in [0.4, 0.5) is 4.39 Å². The monoisotopic (exact) mass is 386 g/mol. The Kier molecular flexibility index (Phi) is 6.65. The highest BCUT2D eigenvalue weighted by molar-refractivity contribution is 5.78. The summed E-state index contributed by atoms with van der Waals surface area (Å²) in [5, 5.41) is 13.8. The Labute approximate surface area is 165 Å². The number of halogens is 1. The van der Waals surface area contributed by atoms with E-state index in [4.69, 9.17) is 4.74 Å². The summed E-state index contributed by atoms with van der Waals surface area (Å²) in [4.78, 5) is 14.3. The Morgan fingerprint density at radius 3 is 2.68 bits per heavy atom. The van der Waals surface area contributed by atoms with Crippen LogP contribution < -0.4 is 10.1 Å². The molecule has 0 aromatic heterocycles. The highest BCUT2D eigenvalue weighted by Crippen LogP contribution is 2.32. The number of likely N-dealkylation sites (tertiary alicyclic amines) is 1. The van der Waals surface area contributed by atoms with E-state index >= 15 is 0 Å². The lowest BCUT2D eigenvalue weighted by Crippen LogP contribution is -2.45. The van der Waals surface area contributed by atoms with E-state index in [0.29, 0.717) is 44.5 Å². The van der Waals surface area contributed by atoms with Crippen LogP contribution in [0.1, 0.15) is 24.0 Å². The maximum atomic E-state index is 13.4. The first kappa shape index (κ1) is 20.3. The first-order chi connectivity index (χ1) is 13.5. The Morgan fingerprint density at radius 2 is 1.96 bits per heavy atom. The Morgan fingerprint density at radius 1 is 1.21 bits per heavy atom. The molecule has 0 spiro atoms. The maximum Gasteiger partial charge on any atom is 0.224 e. The normalized spacial score (nSPS) is 16.5. The third-order valence-electron chi connectivity index (χ3n) is 5.29. The second-order valence-electron chi connectivity index (χ2n) is 7.26. The molecule has 3 rings (SSSR count). The minimum atomic E-state index is -0.978. The van der Waals surface area contributed by atoms with E-state index in [2.05, 4.69) is 10.2 Å². The fourth-order valence-electron chi connectivity index (χ4n) is 3.60. The van der Waals surface area contributed by atoms with E-state index < -0.39 is 5.60 Å². The zero-order valence-electron chi connectivity index (χ0n) is 16.2. The van der Waals surface area contributed by atoms with Gasteiger partial charge in [0, 0.05) is 26.2 Å². The van der Waals surface area contributed by atoms with Crippen molar-refractivity contribution in [3.8, 4) is 5.75 Å². The fraction of sp³-hybridized carbons (Fsp3) is 0.409. The lowest BCUT2D eigenvalue weighted by atomic mass is 9.84. The predicted octanol–water partition coefficient (Wildman–Crippen LogP) is 2.48. The van der Waals surface area contributed by atoms with Crippen molar-refractivity contribution in [1.82, 2.24) is 10.2 Å². The van der Waals surface area contributed by atoms with Gasteiger partial charge in [-0.1, -0.05) is 24.3 Å². The van der Waals surface area contributed by atoms with Crippen LogP contribution in [0.15, 0.2) is 48.5 Å². The van der Waals surface area contributed by atoms with Crippen LogP contribution in [-0.2, 0) is 16.8 Å². The molecule has 1 heterocycles. The smallest absolute Gasteiger partial charge is 0.224 e. The number of hydrogen-bond acceptors (Lipinski definition) is 4. The Bertz CT molecular complexity index is 804. The number of benzene rings is 2. The van der Waals surface area contributed by atoms with Crippen molar-refractivity contribution in [3.05, 3.63) is 65.5 Å². The number of methoxy groups -OCH3 is 1. The van der Waals surface area contributed by atoms with E-state index in [-0.39, 0.29) is 11.7 Å². The number of aliphatic hydroxyl groups is 1. The van der Waals surface area contributed by atoms with Crippen molar-refractivity contribution >= 4 is 5.91 Å². The third kappa shape index (κ3) is 5.30. The standard InChI is InChI=1S/C22H27FN2O3/c1-28-20-7-2-4-17(14-20)15-21(26)24-10-13-25-11-8-22(27,9-12-25)18-5-3-6-19(23)16-18/h2-7,14,16,27H,8-13,15H2,1H3,(H,24,26). The highest BCUT2D eigenvalue weighted by Gasteiger charge is 2.33. The van der Waals surface area contributed by atoms with Crippen LogP contribution in [0.2, 0.25) is 0 Å². The maximum absolute atomic E-state index is 13.4. The number of nitrogens with one attached hydrogen (secondary N) is 1. The Hall–Kier alpha value is -2.44. The number of amides is 1. The van der Waals surface area contributed by atoms with Crippen molar-refractivity contribution in [2.75, 3.05) is 33.3 Å². The molecule has 5 nitrogen and oxygen atoms in total. The summed E-state index contributed by atoms with van der Waals surface area (Å²) >= 11 is 0. The Balaban J connectivity index is 1.41. The van der Waals surface area contributed by atoms with Gasteiger partial charge in [0.25, 0.3) is 0 Å². The molecule has 1 aliphatic heterocycles. The zero-order valence-corrected chi connectivity index (χ0v) is 16.2. The highest BCUT2D eigenvalue weighted by atomic mass is 19.1. The molecule has 1 amide bonds. The molecule has 0 atom stereocenters. The predicted molar refractivity (Wildman–Crippen MR) is 106 cm³/mol. The molecule has 0 bridgehead atoms. The molecule has 2 aromatic rings. The van der Waals surface area contributed by atoms with Gasteiger partial charge in [0.1, 0.15) is 11.6 Å². The minimum absolute atomic E-state index is 0.0264. The number of carbonyl (C=O) groups is 1. The van der Waals surface area contributed by atoms with E-state index in [1.165, 1.54) is 12.1 Å². The van der Waals surface area contributed by atoms with Gasteiger partial charge in [0.15, 0.2) is 0 Å². The van der Waals surface area contributed by atoms with Gasteiger partial charge in [0.2, 0.25) is 5.91 Å². The van der Waals surface area contributed by atoms with Crippen LogP contribution in [0.25, 0.3) is 0 Å². The molecule has 6 heteroatoms. The molecule has 2 N–H and O–H groups in total. The first-order valence-corrected chi connectivity index (χ1v) is 9.59. The van der Waals surface area contributed by atoms with Gasteiger partial charge in [-0.3, -0.25) is 4.79 Å². The second-order valence-corrected chi connectivity index (χ2v) is 7.26. The molecular formula is C22H27FN2O3. The van der Waals surface area contributed by atoms with Crippen molar-refractivity contribution in [3.63, 3.8) is 0 Å². The van der Waals surface area contributed by atoms with Crippen LogP contribution in [-0.4, -0.2) is 49.2 Å². The van der Waals surface area contributed by atoms with Gasteiger partial charge >= 0.3 is 0 Å². The number of carbonyl (C=O) groups excluding carboxylic acids is 1. The minimum Gasteiger partial charge on any atom is -0.497 e. The molecule has 1 saturated heterocycles. The quantitative estimate of drug-likeness (QED) is 0.768. The van der Waals surface area contributed by atoms with Crippen molar-refractivity contribution < 1.29 is 19.0 Å². The lowest BCUT2D eigenvalue weighted by molar-refractivity contribution is -0.120. The van der Waals surface area contributed by atoms with Gasteiger partial charge < -0.3 is 20.1 Å². The SMILES string of the molecule is COc1cccc(CC(=O)NCCN2CCC(O)(c3cccc(F)c3)CC2)c1. The topological polar surface area (TPSA) is 61.8 Å². The summed E-state index contributed by atoms with van der Waals surface area (Å²) in [5.41, 5.74) is 0.572. The molecule has 150 valence electrons. The average Bonchev–Trinajstić information content (AvgIpc) is 2.70. The van der Waals surface area contributed by atoms with Gasteiger partial charge in [-0.15, -0.1) is 0 Å². The van der Waals surface area contributed by atoms with Gasteiger partial charge in [-0.05, 0) is 48.2 Å². The van der Waals surface area contributed by atoms with Gasteiger partial charge in [-0.2, -0.15) is 0 Å². The molecule has 1 aliphatic rings. The summed E-state index contributed by atoms with van der Waals surface area (Å²) in [5.74, 6) is 0.387. The van der Waals surface area contributed by atoms with E-state index in [1.807, 2.05) is 24.3 Å². The molecule has 0 unspecified atom stereocenters. The zero-order chi connectivity index (χ0) is 20.0. The number of nitrogens with zero attached hydrogens (tertiary/aromatic N) is 1. The number of ether oxygens (including phenoxy) is 1. The molecule has 2 aromatic carbocycles. The first-order valence-electron chi connectivity index (χ1n) is 9.59. The molecule has 0 saturated carbocycles. The van der Waals surface area contributed by atoms with Crippen LogP contribution in [0.3, 0.4) is 0 Å². The summed E-state index contributed by atoms with van der Waals surface area (Å²) in [7, 11) is 1.60. The van der Waals surface area contributed by atoms with Gasteiger partial charge in [0.05, 0.1) is 19.1 Å². The number of piperidine rings is 1. The number of rotatable bonds is 7. The average molecular weight is 386 g/mol. The molecule has 28 heavy (non-hydrogen) atoms. The lowest BCUT2D eigenvalue weighted by Gasteiger charge is -2.38. The van der Waals surface area contributed by atoms with Crippen LogP contribution >= 0.6 is 0 Å². The summed E-state index contributed by atoms with van der Waals surface area (Å²) in [6, 6.07) is 13.7. The fourth-order valence-corrected chi connectivity index (χ4v) is 3.60. The summed E-state index contributed by atoms with van der Waals surface area (Å²) in [6.07, 6.45) is 1.42. The molecule has 0 radical (unpaired) electrons. The van der Waals surface area contributed by atoms with Crippen LogP contribution in [0, 0.1) is 5.82 Å². The van der Waals surface area contributed by atoms with Crippen molar-refractivity contribution in [2.45, 2.75) is 24.9 Å². The molecule has 0 aliphatic carbocycles. The van der Waals surface area contributed by atoms with E-state index in [1.54, 1.807) is 19.2 Å². The number of hydrogen-bond donors (Lipinski definition) is 2. The summed E-state index contributed by atoms with van der Waals surface area (Å²) in [6.45, 7) is 2.70. The van der Waals surface area contributed by atoms with E-state index in [0.717, 1.165) is 17.9 Å². The second kappa shape index (κ2) is 9.17. The molecule has 1 fully saturated rings. The van der Waals surface area contributed by atoms with Crippen LogP contribution in [0.5, 0.6) is 5.75 Å². The van der Waals surface area contributed by atoms with Crippen molar-refractivity contribution in [1.29, 1.82) is 0 Å². The van der Waals surface area contributed by atoms with Crippen molar-refractivity contribution in [2.24, 2.45) is 0 Å².